The average molecular weight is 274 g/mol. The number of halogens is 1. The third-order valence-corrected chi connectivity index (χ3v) is 3.30. The minimum Gasteiger partial charge on any atom is -0.288 e. The molecule has 4 nitrogen and oxygen atoms in total. The van der Waals surface area contributed by atoms with E-state index in [-0.39, 0.29) is 17.5 Å². The summed E-state index contributed by atoms with van der Waals surface area (Å²) in [7, 11) is 0. The van der Waals surface area contributed by atoms with Crippen molar-refractivity contribution in [2.24, 2.45) is 0 Å². The van der Waals surface area contributed by atoms with Crippen molar-refractivity contribution in [3.63, 3.8) is 0 Å². The quantitative estimate of drug-likeness (QED) is 0.845. The van der Waals surface area contributed by atoms with Crippen LogP contribution in [0.3, 0.4) is 0 Å². The SMILES string of the molecule is Cc1c(Cl)cccc1-n1nc(CC#N)c(=O)cc1C. The Labute approximate surface area is 115 Å². The van der Waals surface area contributed by atoms with Crippen LogP contribution in [0.2, 0.25) is 5.02 Å². The number of nitriles is 1. The van der Waals surface area contributed by atoms with Gasteiger partial charge in [-0.05, 0) is 31.5 Å². The highest BCUT2D eigenvalue weighted by Gasteiger charge is 2.10. The highest BCUT2D eigenvalue weighted by Crippen LogP contribution is 2.22. The molecule has 1 heterocycles. The molecule has 0 unspecified atom stereocenters. The van der Waals surface area contributed by atoms with Crippen molar-refractivity contribution < 1.29 is 0 Å². The third kappa shape index (κ3) is 2.51. The van der Waals surface area contributed by atoms with Crippen LogP contribution < -0.4 is 5.43 Å². The molecular formula is C14H12ClN3O. The van der Waals surface area contributed by atoms with Gasteiger partial charge in [-0.2, -0.15) is 10.4 Å². The molecule has 1 aromatic carbocycles. The van der Waals surface area contributed by atoms with Crippen LogP contribution >= 0.6 is 11.6 Å². The lowest BCUT2D eigenvalue weighted by atomic mass is 10.2. The first kappa shape index (κ1) is 13.3. The second kappa shape index (κ2) is 5.25. The van der Waals surface area contributed by atoms with Crippen LogP contribution in [-0.2, 0) is 6.42 Å². The fourth-order valence-electron chi connectivity index (χ4n) is 1.85. The number of nitrogens with zero attached hydrogens (tertiary/aromatic N) is 3. The minimum absolute atomic E-state index is 0.00126. The van der Waals surface area contributed by atoms with Gasteiger partial charge in [0.25, 0.3) is 0 Å². The second-order valence-corrected chi connectivity index (χ2v) is 4.63. The van der Waals surface area contributed by atoms with E-state index >= 15 is 0 Å². The van der Waals surface area contributed by atoms with Crippen molar-refractivity contribution in [3.05, 3.63) is 56.5 Å². The Balaban J connectivity index is 2.69. The Bertz CT molecular complexity index is 728. The predicted molar refractivity (Wildman–Crippen MR) is 73.6 cm³/mol. The Kier molecular flexibility index (Phi) is 3.68. The summed E-state index contributed by atoms with van der Waals surface area (Å²) < 4.78 is 1.65. The van der Waals surface area contributed by atoms with Crippen LogP contribution in [0, 0.1) is 25.2 Å². The summed E-state index contributed by atoms with van der Waals surface area (Å²) >= 11 is 6.09. The summed E-state index contributed by atoms with van der Waals surface area (Å²) in [5.74, 6) is 0. The van der Waals surface area contributed by atoms with Gasteiger partial charge in [0.2, 0.25) is 5.43 Å². The van der Waals surface area contributed by atoms with Crippen LogP contribution in [-0.4, -0.2) is 9.78 Å². The van der Waals surface area contributed by atoms with E-state index in [1.54, 1.807) is 17.7 Å². The van der Waals surface area contributed by atoms with E-state index in [1.807, 2.05) is 25.1 Å². The smallest absolute Gasteiger partial charge is 0.204 e. The van der Waals surface area contributed by atoms with Gasteiger partial charge in [0.1, 0.15) is 5.69 Å². The van der Waals surface area contributed by atoms with Gasteiger partial charge >= 0.3 is 0 Å². The topological polar surface area (TPSA) is 58.7 Å². The van der Waals surface area contributed by atoms with Crippen molar-refractivity contribution in [3.8, 4) is 11.8 Å². The Morgan fingerprint density at radius 1 is 1.42 bits per heavy atom. The van der Waals surface area contributed by atoms with E-state index in [1.165, 1.54) is 6.07 Å². The minimum atomic E-state index is -0.213. The molecule has 2 aromatic rings. The molecule has 96 valence electrons. The summed E-state index contributed by atoms with van der Waals surface area (Å²) in [6, 6.07) is 8.94. The maximum absolute atomic E-state index is 11.7. The van der Waals surface area contributed by atoms with E-state index < -0.39 is 0 Å². The molecule has 0 saturated carbocycles. The van der Waals surface area contributed by atoms with Crippen LogP contribution in [0.25, 0.3) is 5.69 Å². The summed E-state index contributed by atoms with van der Waals surface area (Å²) in [6.07, 6.45) is -0.00126. The summed E-state index contributed by atoms with van der Waals surface area (Å²) in [4.78, 5) is 11.7. The number of benzene rings is 1. The lowest BCUT2D eigenvalue weighted by Gasteiger charge is -2.13. The molecule has 0 amide bonds. The van der Waals surface area contributed by atoms with Gasteiger partial charge in [0.15, 0.2) is 0 Å². The van der Waals surface area contributed by atoms with Crippen LogP contribution in [0.4, 0.5) is 0 Å². The molecule has 0 aliphatic rings. The molecule has 1 aromatic heterocycles. The van der Waals surface area contributed by atoms with E-state index in [4.69, 9.17) is 16.9 Å². The molecule has 0 bridgehead atoms. The van der Waals surface area contributed by atoms with Crippen molar-refractivity contribution in [2.45, 2.75) is 20.3 Å². The first-order valence-corrected chi connectivity index (χ1v) is 6.14. The molecule has 0 N–H and O–H groups in total. The average Bonchev–Trinajstić information content (AvgIpc) is 2.37. The van der Waals surface area contributed by atoms with Crippen LogP contribution in [0.5, 0.6) is 0 Å². The maximum Gasteiger partial charge on any atom is 0.204 e. The summed E-state index contributed by atoms with van der Waals surface area (Å²) in [6.45, 7) is 3.69. The number of hydrogen-bond donors (Lipinski definition) is 0. The molecule has 0 aliphatic carbocycles. The molecular weight excluding hydrogens is 262 g/mol. The Morgan fingerprint density at radius 2 is 2.16 bits per heavy atom. The monoisotopic (exact) mass is 273 g/mol. The summed E-state index contributed by atoms with van der Waals surface area (Å²) in [5, 5.41) is 13.6. The zero-order chi connectivity index (χ0) is 14.0. The van der Waals surface area contributed by atoms with E-state index in [0.717, 1.165) is 11.3 Å². The zero-order valence-electron chi connectivity index (χ0n) is 10.6. The molecule has 2 rings (SSSR count). The van der Waals surface area contributed by atoms with Gasteiger partial charge in [-0.15, -0.1) is 0 Å². The number of hydrogen-bond acceptors (Lipinski definition) is 3. The van der Waals surface area contributed by atoms with Crippen molar-refractivity contribution in [1.82, 2.24) is 9.78 Å². The van der Waals surface area contributed by atoms with Gasteiger partial charge in [-0.3, -0.25) is 4.79 Å². The highest BCUT2D eigenvalue weighted by molar-refractivity contribution is 6.31. The second-order valence-electron chi connectivity index (χ2n) is 4.23. The fraction of sp³-hybridized carbons (Fsp3) is 0.214. The van der Waals surface area contributed by atoms with Gasteiger partial charge in [0, 0.05) is 16.8 Å². The predicted octanol–water partition coefficient (Wildman–Crippen LogP) is 2.57. The Morgan fingerprint density at radius 3 is 2.84 bits per heavy atom. The van der Waals surface area contributed by atoms with Gasteiger partial charge in [-0.1, -0.05) is 17.7 Å². The highest BCUT2D eigenvalue weighted by atomic mass is 35.5. The maximum atomic E-state index is 11.7. The first-order valence-electron chi connectivity index (χ1n) is 5.77. The zero-order valence-corrected chi connectivity index (χ0v) is 11.4. The van der Waals surface area contributed by atoms with E-state index in [0.29, 0.717) is 10.7 Å². The van der Waals surface area contributed by atoms with Crippen molar-refractivity contribution >= 4 is 11.6 Å². The molecule has 5 heteroatoms. The number of aryl methyl sites for hydroxylation is 1. The van der Waals surface area contributed by atoms with Crippen molar-refractivity contribution in [1.29, 1.82) is 5.26 Å². The molecule has 0 fully saturated rings. The lowest BCUT2D eigenvalue weighted by molar-refractivity contribution is 0.763. The van der Waals surface area contributed by atoms with Gasteiger partial charge in [-0.25, -0.2) is 4.68 Å². The van der Waals surface area contributed by atoms with E-state index in [9.17, 15) is 4.79 Å². The van der Waals surface area contributed by atoms with Crippen molar-refractivity contribution in [2.75, 3.05) is 0 Å². The molecule has 0 saturated heterocycles. The van der Waals surface area contributed by atoms with Gasteiger partial charge < -0.3 is 0 Å². The first-order chi connectivity index (χ1) is 9.04. The molecule has 19 heavy (non-hydrogen) atoms. The largest absolute Gasteiger partial charge is 0.288 e. The lowest BCUT2D eigenvalue weighted by Crippen LogP contribution is -2.19. The molecule has 0 atom stereocenters. The number of aromatic nitrogens is 2. The van der Waals surface area contributed by atoms with Crippen LogP contribution in [0.15, 0.2) is 29.1 Å². The van der Waals surface area contributed by atoms with Gasteiger partial charge in [0.05, 0.1) is 18.2 Å². The standard InChI is InChI=1S/C14H12ClN3O/c1-9-8-14(19)12(6-7-16)17-18(9)13-5-3-4-11(15)10(13)2/h3-5,8H,6H2,1-2H3. The third-order valence-electron chi connectivity index (χ3n) is 2.89. The van der Waals surface area contributed by atoms with E-state index in [2.05, 4.69) is 5.10 Å². The Hall–Kier alpha value is -2.12. The number of rotatable bonds is 2. The molecule has 0 radical (unpaired) electrons. The van der Waals surface area contributed by atoms with Crippen LogP contribution in [0.1, 0.15) is 17.0 Å². The molecule has 0 spiro atoms. The fourth-order valence-corrected chi connectivity index (χ4v) is 2.02. The normalized spacial score (nSPS) is 10.2. The summed E-state index contributed by atoms with van der Waals surface area (Å²) in [5.41, 5.74) is 2.43. The molecule has 0 aliphatic heterocycles.